The summed E-state index contributed by atoms with van der Waals surface area (Å²) in [4.78, 5) is 0. The van der Waals surface area contributed by atoms with Gasteiger partial charge in [-0.25, -0.2) is 4.21 Å². The van der Waals surface area contributed by atoms with Crippen LogP contribution in [-0.4, -0.2) is 4.21 Å². The lowest BCUT2D eigenvalue weighted by atomic mass is 10.2. The average Bonchev–Trinajstić information content (AvgIpc) is 2.39. The quantitative estimate of drug-likeness (QED) is 0.616. The van der Waals surface area contributed by atoms with Crippen molar-refractivity contribution in [2.75, 3.05) is 0 Å². The fourth-order valence-electron chi connectivity index (χ4n) is 1.60. The summed E-state index contributed by atoms with van der Waals surface area (Å²) < 4.78 is 12.9. The smallest absolute Gasteiger partial charge is 0.282 e. The van der Waals surface area contributed by atoms with Gasteiger partial charge in [-0.1, -0.05) is 30.3 Å². The van der Waals surface area contributed by atoms with E-state index >= 15 is 0 Å². The van der Waals surface area contributed by atoms with Gasteiger partial charge < -0.3 is 5.21 Å². The largest absolute Gasteiger partial charge is 0.618 e. The van der Waals surface area contributed by atoms with E-state index in [-0.39, 0.29) is 5.25 Å². The maximum atomic E-state index is 12.3. The van der Waals surface area contributed by atoms with E-state index in [1.54, 1.807) is 18.2 Å². The topological polar surface area (TPSA) is 44.0 Å². The molecule has 0 saturated carbocycles. The zero-order chi connectivity index (χ0) is 12.3. The molecule has 0 saturated heterocycles. The van der Waals surface area contributed by atoms with Crippen molar-refractivity contribution in [2.45, 2.75) is 17.2 Å². The molecule has 4 heteroatoms. The van der Waals surface area contributed by atoms with E-state index in [0.29, 0.717) is 9.76 Å². The number of rotatable bonds is 3. The molecule has 0 aliphatic rings. The molecule has 0 aliphatic heterocycles. The molecule has 0 N–H and O–H groups in total. The predicted molar refractivity (Wildman–Crippen MR) is 66.7 cm³/mol. The minimum Gasteiger partial charge on any atom is -0.618 e. The van der Waals surface area contributed by atoms with Crippen molar-refractivity contribution in [2.24, 2.45) is 0 Å². The third-order valence-electron chi connectivity index (χ3n) is 2.58. The van der Waals surface area contributed by atoms with Crippen LogP contribution in [0.1, 0.15) is 17.7 Å². The molecule has 0 bridgehead atoms. The Bertz CT molecular complexity index is 528. The van der Waals surface area contributed by atoms with Gasteiger partial charge in [-0.3, -0.25) is 0 Å². The zero-order valence-electron chi connectivity index (χ0n) is 9.45. The lowest BCUT2D eigenvalue weighted by Crippen LogP contribution is -2.32. The molecule has 1 aromatic carbocycles. The molecule has 1 heterocycles. The molecule has 17 heavy (non-hydrogen) atoms. The Hall–Kier alpha value is -1.68. The van der Waals surface area contributed by atoms with Crippen LogP contribution in [-0.2, 0) is 10.8 Å². The molecule has 0 spiro atoms. The first-order chi connectivity index (χ1) is 8.20. The van der Waals surface area contributed by atoms with Crippen LogP contribution in [0.4, 0.5) is 0 Å². The van der Waals surface area contributed by atoms with Crippen LogP contribution in [0.3, 0.4) is 0 Å². The molecule has 3 nitrogen and oxygen atoms in total. The summed E-state index contributed by atoms with van der Waals surface area (Å²) in [6.07, 6.45) is 1.37. The van der Waals surface area contributed by atoms with Gasteiger partial charge in [0.05, 0.1) is 5.25 Å². The summed E-state index contributed by atoms with van der Waals surface area (Å²) in [7, 11) is -1.34. The van der Waals surface area contributed by atoms with Crippen LogP contribution in [0.5, 0.6) is 0 Å². The lowest BCUT2D eigenvalue weighted by Gasteiger charge is -2.11. The Labute approximate surface area is 103 Å². The molecule has 0 fully saturated rings. The second-order valence-electron chi connectivity index (χ2n) is 3.71. The Balaban J connectivity index is 2.30. The number of hydrogen-bond donors (Lipinski definition) is 0. The summed E-state index contributed by atoms with van der Waals surface area (Å²) in [5, 5.41) is 11.6. The zero-order valence-corrected chi connectivity index (χ0v) is 10.3. The molecule has 0 aliphatic carbocycles. The molecule has 2 aromatic rings. The van der Waals surface area contributed by atoms with E-state index in [0.717, 1.165) is 5.56 Å². The highest BCUT2D eigenvalue weighted by atomic mass is 32.2. The van der Waals surface area contributed by atoms with Crippen molar-refractivity contribution in [1.29, 1.82) is 0 Å². The second kappa shape index (κ2) is 5.10. The lowest BCUT2D eigenvalue weighted by molar-refractivity contribution is -0.646. The SMILES string of the molecule is CC(c1ccccc1)S(=O)c1cccc[n+]1[O-]. The Morgan fingerprint density at radius 1 is 1.12 bits per heavy atom. The standard InChI is InChI=1S/C13H13NO2S/c1-11(12-7-3-2-4-8-12)17(16)13-9-5-6-10-14(13)15/h2-11H,1H3. The first-order valence-electron chi connectivity index (χ1n) is 5.34. The molecule has 0 radical (unpaired) electrons. The first kappa shape index (κ1) is 11.8. The molecule has 2 unspecified atom stereocenters. The fourth-order valence-corrected chi connectivity index (χ4v) is 2.81. The summed E-state index contributed by atoms with van der Waals surface area (Å²) >= 11 is 0. The Kier molecular flexibility index (Phi) is 3.54. The van der Waals surface area contributed by atoms with E-state index in [2.05, 4.69) is 0 Å². The Morgan fingerprint density at radius 2 is 1.76 bits per heavy atom. The minimum absolute atomic E-state index is 0.196. The van der Waals surface area contributed by atoms with Crippen molar-refractivity contribution in [1.82, 2.24) is 0 Å². The van der Waals surface area contributed by atoms with Crippen LogP contribution in [0, 0.1) is 5.21 Å². The van der Waals surface area contributed by atoms with Gasteiger partial charge in [-0.2, -0.15) is 4.73 Å². The number of nitrogens with zero attached hydrogens (tertiary/aromatic N) is 1. The molecule has 2 atom stereocenters. The summed E-state index contributed by atoms with van der Waals surface area (Å²) in [6.45, 7) is 1.86. The van der Waals surface area contributed by atoms with E-state index < -0.39 is 10.8 Å². The predicted octanol–water partition coefficient (Wildman–Crippen LogP) is 2.19. The Morgan fingerprint density at radius 3 is 2.41 bits per heavy atom. The van der Waals surface area contributed by atoms with E-state index in [1.807, 2.05) is 37.3 Å². The average molecular weight is 247 g/mol. The van der Waals surface area contributed by atoms with Crippen molar-refractivity contribution >= 4 is 10.8 Å². The minimum atomic E-state index is -1.34. The van der Waals surface area contributed by atoms with E-state index in [4.69, 9.17) is 0 Å². The van der Waals surface area contributed by atoms with Gasteiger partial charge >= 0.3 is 0 Å². The van der Waals surface area contributed by atoms with Crippen LogP contribution in [0.2, 0.25) is 0 Å². The number of aromatic nitrogens is 1. The highest BCUT2D eigenvalue weighted by molar-refractivity contribution is 7.85. The van der Waals surface area contributed by atoms with E-state index in [9.17, 15) is 9.42 Å². The first-order valence-corrected chi connectivity index (χ1v) is 6.55. The van der Waals surface area contributed by atoms with Gasteiger partial charge in [0.25, 0.3) is 5.03 Å². The summed E-state index contributed by atoms with van der Waals surface area (Å²) in [5.74, 6) is 0. The normalized spacial score (nSPS) is 14.2. The third kappa shape index (κ3) is 2.53. The summed E-state index contributed by atoms with van der Waals surface area (Å²) in [5.41, 5.74) is 0.967. The van der Waals surface area contributed by atoms with Gasteiger partial charge in [-0.15, -0.1) is 0 Å². The van der Waals surface area contributed by atoms with Gasteiger partial charge in [0, 0.05) is 12.1 Å². The maximum absolute atomic E-state index is 12.3. The highest BCUT2D eigenvalue weighted by Gasteiger charge is 2.21. The van der Waals surface area contributed by atoms with Crippen LogP contribution < -0.4 is 4.73 Å². The van der Waals surface area contributed by atoms with Crippen molar-refractivity contribution in [3.05, 3.63) is 65.5 Å². The second-order valence-corrected chi connectivity index (χ2v) is 5.44. The molecular weight excluding hydrogens is 234 g/mol. The molecule has 0 amide bonds. The van der Waals surface area contributed by atoms with Crippen molar-refractivity contribution in [3.8, 4) is 0 Å². The molecular formula is C13H13NO2S. The van der Waals surface area contributed by atoms with Gasteiger partial charge in [0.2, 0.25) is 0 Å². The third-order valence-corrected chi connectivity index (χ3v) is 4.23. The number of hydrogen-bond acceptors (Lipinski definition) is 2. The van der Waals surface area contributed by atoms with Gasteiger partial charge in [0.1, 0.15) is 10.8 Å². The highest BCUT2D eigenvalue weighted by Crippen LogP contribution is 2.22. The molecule has 2 rings (SSSR count). The van der Waals surface area contributed by atoms with Crippen LogP contribution >= 0.6 is 0 Å². The van der Waals surface area contributed by atoms with E-state index in [1.165, 1.54) is 6.20 Å². The molecule has 88 valence electrons. The fraction of sp³-hybridized carbons (Fsp3) is 0.154. The number of pyridine rings is 1. The van der Waals surface area contributed by atoms with Crippen molar-refractivity contribution < 1.29 is 8.94 Å². The van der Waals surface area contributed by atoms with Crippen molar-refractivity contribution in [3.63, 3.8) is 0 Å². The van der Waals surface area contributed by atoms with Crippen LogP contribution in [0.25, 0.3) is 0 Å². The van der Waals surface area contributed by atoms with Gasteiger partial charge in [-0.05, 0) is 18.6 Å². The number of benzene rings is 1. The van der Waals surface area contributed by atoms with Crippen LogP contribution in [0.15, 0.2) is 59.8 Å². The van der Waals surface area contributed by atoms with Gasteiger partial charge in [0.15, 0.2) is 6.20 Å². The molecule has 1 aromatic heterocycles. The summed E-state index contributed by atoms with van der Waals surface area (Å²) in [6, 6.07) is 14.5. The monoisotopic (exact) mass is 247 g/mol. The maximum Gasteiger partial charge on any atom is 0.282 e.